The van der Waals surface area contributed by atoms with E-state index in [1.165, 1.54) is 64.4 Å². The quantitative estimate of drug-likeness (QED) is 0.0489. The van der Waals surface area contributed by atoms with E-state index >= 15 is 0 Å². The van der Waals surface area contributed by atoms with Gasteiger partial charge in [0.1, 0.15) is 58.4 Å². The van der Waals surface area contributed by atoms with E-state index in [4.69, 9.17) is 45.8 Å². The standard InChI is InChI=1S/C55H77ClN8O15/c1-29(2)44(61-51(71)79-53(6,7)8)47(67)60-36(17-15-23-58-50(57)70)46(66)59-35-21-19-34(20-22-35)48(68)63(10)32(5)49(69)77-41-27-42(65)64(11)37-25-33(26-38(74-12)43(37)56)24-30(3)16-14-18-40(75-13)55(73)28-39(76-52(72)62-55)31(4)45-54(41,9)78-45/h14,16,18-22,25-26,29,31-32,36,39-41,44-45,73H,15,17,23-24,27-28H2,1-13H3,(H,59,66)(H,60,67)(H,61,71)(H,62,72)(H3,57,58,70)/b18-14+,30-16+/t31-,32+,36+,39+,40-,41+,44+,45+,54+,55+/m1/s1. The molecule has 2 aromatic rings. The molecule has 3 aliphatic rings. The van der Waals surface area contributed by atoms with Crippen LogP contribution in [0.5, 0.6) is 5.75 Å². The Morgan fingerprint density at radius 1 is 1.04 bits per heavy atom. The first-order valence-electron chi connectivity index (χ1n) is 26.0. The highest BCUT2D eigenvalue weighted by Gasteiger charge is 2.64. The van der Waals surface area contributed by atoms with E-state index in [2.05, 4.69) is 26.6 Å². The van der Waals surface area contributed by atoms with E-state index in [-0.39, 0.29) is 42.1 Å². The minimum absolute atomic E-state index is 0.0571. The Kier molecular flexibility index (Phi) is 21.0. The summed E-state index contributed by atoms with van der Waals surface area (Å²) in [7, 11) is 5.78. The number of alkyl carbamates (subject to hydrolysis) is 2. The molecule has 10 atom stereocenters. The number of ether oxygens (including phenoxy) is 6. The number of nitrogens with one attached hydrogen (secondary N) is 5. The molecule has 0 spiro atoms. The van der Waals surface area contributed by atoms with Crippen LogP contribution in [0.4, 0.5) is 25.8 Å². The van der Waals surface area contributed by atoms with Crippen molar-refractivity contribution in [1.82, 2.24) is 26.2 Å². The lowest BCUT2D eigenvalue weighted by atomic mass is 9.83. The molecule has 8 amide bonds. The van der Waals surface area contributed by atoms with Gasteiger partial charge in [0.2, 0.25) is 17.7 Å². The fourth-order valence-electron chi connectivity index (χ4n) is 9.32. The number of halogens is 1. The topological polar surface area (TPSA) is 308 Å². The summed E-state index contributed by atoms with van der Waals surface area (Å²) in [6.07, 6.45) is -0.422. The molecule has 0 saturated carbocycles. The molecule has 2 aromatic carbocycles. The van der Waals surface area contributed by atoms with E-state index in [0.717, 1.165) is 16.0 Å². The molecule has 3 heterocycles. The van der Waals surface area contributed by atoms with Crippen LogP contribution in [-0.4, -0.2) is 152 Å². The summed E-state index contributed by atoms with van der Waals surface area (Å²) in [5.74, 6) is -4.04. The first kappa shape index (κ1) is 62.9. The second-order valence-corrected chi connectivity index (χ2v) is 22.1. The normalized spacial score (nSPS) is 25.5. The number of aliphatic hydroxyl groups is 1. The van der Waals surface area contributed by atoms with Gasteiger partial charge in [-0.15, -0.1) is 0 Å². The molecule has 0 radical (unpaired) electrons. The maximum Gasteiger partial charge on any atom is 0.409 e. The molecular formula is C55H77ClN8O15. The number of epoxide rings is 1. The summed E-state index contributed by atoms with van der Waals surface area (Å²) in [6.45, 7) is 15.3. The van der Waals surface area contributed by atoms with Gasteiger partial charge in [0.05, 0.1) is 25.3 Å². The van der Waals surface area contributed by atoms with Crippen molar-refractivity contribution in [2.75, 3.05) is 45.1 Å². The second kappa shape index (κ2) is 26.3. The zero-order chi connectivity index (χ0) is 58.9. The Morgan fingerprint density at radius 2 is 1.71 bits per heavy atom. The van der Waals surface area contributed by atoms with Crippen molar-refractivity contribution in [1.29, 1.82) is 0 Å². The Labute approximate surface area is 465 Å². The summed E-state index contributed by atoms with van der Waals surface area (Å²) < 4.78 is 34.8. The van der Waals surface area contributed by atoms with Crippen LogP contribution in [0.15, 0.2) is 60.2 Å². The number of nitrogens with zero attached hydrogens (tertiary/aromatic N) is 2. The fourth-order valence-corrected chi connectivity index (χ4v) is 9.64. The zero-order valence-corrected chi connectivity index (χ0v) is 47.9. The Balaban J connectivity index is 1.36. The first-order chi connectivity index (χ1) is 36.9. The summed E-state index contributed by atoms with van der Waals surface area (Å²) >= 11 is 6.83. The molecule has 3 aliphatic heterocycles. The molecule has 5 rings (SSSR count). The van der Waals surface area contributed by atoms with Gasteiger partial charge in [-0.05, 0) is 109 Å². The van der Waals surface area contributed by atoms with Gasteiger partial charge in [-0.2, -0.15) is 0 Å². The van der Waals surface area contributed by atoms with Crippen LogP contribution >= 0.6 is 11.6 Å². The number of hydrogen-bond acceptors (Lipinski definition) is 15. The van der Waals surface area contributed by atoms with Gasteiger partial charge < -0.3 is 70.3 Å². The van der Waals surface area contributed by atoms with Crippen molar-refractivity contribution in [2.45, 2.75) is 154 Å². The third-order valence-electron chi connectivity index (χ3n) is 14.1. The van der Waals surface area contributed by atoms with E-state index < -0.39 is 126 Å². The lowest BCUT2D eigenvalue weighted by Gasteiger charge is -2.42. The van der Waals surface area contributed by atoms with Crippen molar-refractivity contribution >= 4 is 70.8 Å². The number of primary amides is 1. The van der Waals surface area contributed by atoms with Gasteiger partial charge in [0.15, 0.2) is 5.72 Å². The predicted molar refractivity (Wildman–Crippen MR) is 292 cm³/mol. The number of carbonyl (C=O) groups excluding carboxylic acids is 8. The lowest BCUT2D eigenvalue weighted by Crippen LogP contribution is -2.63. The number of likely N-dealkylation sites (N-methyl/N-ethyl adjacent to an activating group) is 1. The molecule has 24 heteroatoms. The number of esters is 1. The van der Waals surface area contributed by atoms with E-state index in [0.29, 0.717) is 17.9 Å². The monoisotopic (exact) mass is 1120 g/mol. The van der Waals surface area contributed by atoms with Gasteiger partial charge in [-0.25, -0.2) is 19.2 Å². The van der Waals surface area contributed by atoms with Crippen LogP contribution in [0, 0.1) is 11.8 Å². The molecule has 0 unspecified atom stereocenters. The van der Waals surface area contributed by atoms with Crippen LogP contribution in [-0.2, 0) is 49.3 Å². The van der Waals surface area contributed by atoms with Crippen LogP contribution in [0.2, 0.25) is 5.02 Å². The number of amides is 8. The second-order valence-electron chi connectivity index (χ2n) is 21.7. The largest absolute Gasteiger partial charge is 0.495 e. The number of hydrogen-bond donors (Lipinski definition) is 7. The summed E-state index contributed by atoms with van der Waals surface area (Å²) in [4.78, 5) is 110. The highest BCUT2D eigenvalue weighted by Crippen LogP contribution is 2.49. The van der Waals surface area contributed by atoms with E-state index in [1.54, 1.807) is 72.8 Å². The minimum Gasteiger partial charge on any atom is -0.495 e. The lowest BCUT2D eigenvalue weighted by molar-refractivity contribution is -0.158. The molecule has 2 fully saturated rings. The third-order valence-corrected chi connectivity index (χ3v) is 14.5. The van der Waals surface area contributed by atoms with Crippen molar-refractivity contribution in [3.8, 4) is 5.75 Å². The average Bonchev–Trinajstić information content (AvgIpc) is 4.30. The third kappa shape index (κ3) is 16.3. The van der Waals surface area contributed by atoms with Gasteiger partial charge in [0.25, 0.3) is 5.91 Å². The first-order valence-corrected chi connectivity index (χ1v) is 26.4. The number of urea groups is 1. The Bertz CT molecular complexity index is 2660. The minimum atomic E-state index is -1.91. The van der Waals surface area contributed by atoms with Crippen molar-refractivity contribution in [3.63, 3.8) is 0 Å². The van der Waals surface area contributed by atoms with Gasteiger partial charge >= 0.3 is 24.2 Å². The summed E-state index contributed by atoms with van der Waals surface area (Å²) in [6, 6.07) is 5.04. The van der Waals surface area contributed by atoms with Crippen molar-refractivity contribution in [3.05, 3.63) is 76.3 Å². The number of rotatable bonds is 16. The number of methoxy groups -OCH3 is 2. The maximum atomic E-state index is 14.5. The molecule has 79 heavy (non-hydrogen) atoms. The highest BCUT2D eigenvalue weighted by atomic mass is 35.5. The fraction of sp³-hybridized carbons (Fsp3) is 0.564. The highest BCUT2D eigenvalue weighted by molar-refractivity contribution is 6.35. The molecule has 2 saturated heterocycles. The van der Waals surface area contributed by atoms with Crippen molar-refractivity contribution < 1.29 is 71.9 Å². The molecule has 23 nitrogen and oxygen atoms in total. The maximum absolute atomic E-state index is 14.5. The van der Waals surface area contributed by atoms with Gasteiger partial charge in [0, 0.05) is 51.3 Å². The number of anilines is 2. The average molecular weight is 1130 g/mol. The van der Waals surface area contributed by atoms with Gasteiger partial charge in [-0.1, -0.05) is 56.2 Å². The number of allylic oxidation sites excluding steroid dienone is 3. The summed E-state index contributed by atoms with van der Waals surface area (Å²) in [5.41, 5.74) is 3.43. The van der Waals surface area contributed by atoms with Crippen LogP contribution in [0.3, 0.4) is 0 Å². The van der Waals surface area contributed by atoms with E-state index in [9.17, 15) is 43.5 Å². The molecule has 4 bridgehead atoms. The molecular weight excluding hydrogens is 1050 g/mol. The molecule has 0 aliphatic carbocycles. The van der Waals surface area contributed by atoms with Crippen LogP contribution in [0.1, 0.15) is 104 Å². The number of benzene rings is 2. The van der Waals surface area contributed by atoms with E-state index in [1.807, 2.05) is 13.0 Å². The molecule has 0 aromatic heterocycles. The number of fused-ring (bicyclic) bond motifs is 5. The van der Waals surface area contributed by atoms with Crippen molar-refractivity contribution in [2.24, 2.45) is 17.6 Å². The number of nitrogens with two attached hydrogens (primary N) is 1. The molecule has 434 valence electrons. The summed E-state index contributed by atoms with van der Waals surface area (Å²) in [5, 5.41) is 25.0. The smallest absolute Gasteiger partial charge is 0.409 e. The SMILES string of the molecule is COc1cc2cc(c1Cl)N(C)C(=O)C[C@H](OC(=O)[C@H](C)N(C)C(=O)c1ccc(NC(=O)[C@H](CCCNC(N)=O)NC(=O)[C@@H](NC(=O)OC(C)(C)C)C(C)C)cc1)[C@]1(C)O[C@H]1[C@H](C)[C@@H]1C[C@@](O)(NC(=O)O1)[C@H](OC)/C=C/C=C(\C)C2. The van der Waals surface area contributed by atoms with Gasteiger partial charge in [-0.3, -0.25) is 24.5 Å². The predicted octanol–water partition coefficient (Wildman–Crippen LogP) is 5.25. The van der Waals surface area contributed by atoms with Crippen LogP contribution in [0.25, 0.3) is 0 Å². The molecule has 8 N–H and O–H groups in total. The Hall–Kier alpha value is -6.95. The Morgan fingerprint density at radius 3 is 2.32 bits per heavy atom. The zero-order valence-electron chi connectivity index (χ0n) is 47.1. The van der Waals surface area contributed by atoms with Crippen LogP contribution < -0.4 is 42.0 Å². The number of carbonyl (C=O) groups is 8.